The lowest BCUT2D eigenvalue weighted by Gasteiger charge is -2.20. The zero-order valence-electron chi connectivity index (χ0n) is 19.3. The Morgan fingerprint density at radius 1 is 1.12 bits per heavy atom. The molecular formula is C25H28N6O2S. The smallest absolute Gasteiger partial charge is 0.253 e. The fourth-order valence-electron chi connectivity index (χ4n) is 4.71. The van der Waals surface area contributed by atoms with Crippen LogP contribution in [0.1, 0.15) is 61.1 Å². The molecule has 6 rings (SSSR count). The molecule has 8 nitrogen and oxygen atoms in total. The Kier molecular flexibility index (Phi) is 5.64. The summed E-state index contributed by atoms with van der Waals surface area (Å²) in [5.41, 5.74) is 3.13. The fourth-order valence-corrected chi connectivity index (χ4v) is 5.56. The lowest BCUT2D eigenvalue weighted by atomic mass is 10.0. The lowest BCUT2D eigenvalue weighted by Crippen LogP contribution is -2.28. The van der Waals surface area contributed by atoms with Gasteiger partial charge in [0, 0.05) is 25.6 Å². The Labute approximate surface area is 203 Å². The monoisotopic (exact) mass is 476 g/mol. The molecule has 34 heavy (non-hydrogen) atoms. The van der Waals surface area contributed by atoms with E-state index in [1.54, 1.807) is 11.3 Å². The number of aryl methyl sites for hydroxylation is 1. The molecule has 1 aliphatic carbocycles. The highest BCUT2D eigenvalue weighted by Crippen LogP contribution is 2.42. The summed E-state index contributed by atoms with van der Waals surface area (Å²) in [6, 6.07) is 12.3. The highest BCUT2D eigenvalue weighted by molar-refractivity contribution is 7.99. The van der Waals surface area contributed by atoms with Crippen LogP contribution >= 0.6 is 11.8 Å². The number of benzene rings is 1. The summed E-state index contributed by atoms with van der Waals surface area (Å²) in [6.07, 6.45) is 6.97. The molecule has 176 valence electrons. The first-order valence-corrected chi connectivity index (χ1v) is 13.0. The van der Waals surface area contributed by atoms with Gasteiger partial charge in [-0.2, -0.15) is 5.10 Å². The Morgan fingerprint density at radius 2 is 1.91 bits per heavy atom. The lowest BCUT2D eigenvalue weighted by molar-refractivity contribution is -0.130. The predicted molar refractivity (Wildman–Crippen MR) is 131 cm³/mol. The van der Waals surface area contributed by atoms with Crippen molar-refractivity contribution in [3.05, 3.63) is 59.5 Å². The van der Waals surface area contributed by atoms with Crippen molar-refractivity contribution in [2.75, 3.05) is 23.7 Å². The van der Waals surface area contributed by atoms with Gasteiger partial charge >= 0.3 is 0 Å². The molecule has 2 aromatic heterocycles. The van der Waals surface area contributed by atoms with Crippen LogP contribution < -0.4 is 4.90 Å². The highest BCUT2D eigenvalue weighted by Gasteiger charge is 2.36. The van der Waals surface area contributed by atoms with Crippen molar-refractivity contribution >= 4 is 29.3 Å². The van der Waals surface area contributed by atoms with Crippen molar-refractivity contribution in [3.63, 3.8) is 0 Å². The van der Waals surface area contributed by atoms with Gasteiger partial charge in [-0.25, -0.2) is 5.01 Å². The number of hydrogen-bond acceptors (Lipinski definition) is 7. The van der Waals surface area contributed by atoms with Gasteiger partial charge in [-0.3, -0.25) is 9.36 Å². The molecule has 1 atom stereocenters. The van der Waals surface area contributed by atoms with E-state index >= 15 is 0 Å². The second-order valence-corrected chi connectivity index (χ2v) is 10.2. The van der Waals surface area contributed by atoms with Crippen molar-refractivity contribution in [3.8, 4) is 0 Å². The molecule has 2 aliphatic heterocycles. The third-order valence-corrected chi connectivity index (χ3v) is 7.62. The van der Waals surface area contributed by atoms with Gasteiger partial charge in [0.05, 0.1) is 17.7 Å². The molecule has 0 bridgehead atoms. The molecular weight excluding hydrogens is 448 g/mol. The van der Waals surface area contributed by atoms with E-state index in [0.717, 1.165) is 54.1 Å². The van der Waals surface area contributed by atoms with Gasteiger partial charge < -0.3 is 9.32 Å². The molecule has 1 aromatic carbocycles. The van der Waals surface area contributed by atoms with E-state index in [0.29, 0.717) is 12.5 Å². The SMILES string of the molecule is Cc1ccc(C2=NN(C(=O)CSc3nnc(N4CCCC4)n3C3CC3)C(c3ccco3)C2)cc1. The second kappa shape index (κ2) is 8.94. The van der Waals surface area contributed by atoms with E-state index in [2.05, 4.69) is 50.9 Å². The quantitative estimate of drug-likeness (QED) is 0.464. The van der Waals surface area contributed by atoms with Gasteiger partial charge in [0.1, 0.15) is 11.8 Å². The molecule has 2 fully saturated rings. The molecule has 3 aromatic rings. The Hall–Kier alpha value is -3.07. The van der Waals surface area contributed by atoms with E-state index in [-0.39, 0.29) is 17.7 Å². The van der Waals surface area contributed by atoms with Crippen molar-refractivity contribution < 1.29 is 9.21 Å². The van der Waals surface area contributed by atoms with Crippen molar-refractivity contribution in [2.45, 2.75) is 56.3 Å². The van der Waals surface area contributed by atoms with Crippen LogP contribution in [-0.4, -0.2) is 50.2 Å². The number of thioether (sulfide) groups is 1. The normalized spacial score (nSPS) is 20.3. The number of nitrogens with zero attached hydrogens (tertiary/aromatic N) is 6. The van der Waals surface area contributed by atoms with Crippen LogP contribution in [0, 0.1) is 6.92 Å². The molecule has 1 unspecified atom stereocenters. The first kappa shape index (κ1) is 21.5. The van der Waals surface area contributed by atoms with Gasteiger partial charge in [-0.15, -0.1) is 10.2 Å². The molecule has 0 N–H and O–H groups in total. The summed E-state index contributed by atoms with van der Waals surface area (Å²) in [4.78, 5) is 15.7. The number of anilines is 1. The molecule has 1 saturated carbocycles. The Bertz CT molecular complexity index is 1190. The van der Waals surface area contributed by atoms with Gasteiger partial charge in [-0.05, 0) is 50.3 Å². The number of hydrazone groups is 1. The zero-order chi connectivity index (χ0) is 23.1. The number of aromatic nitrogens is 3. The predicted octanol–water partition coefficient (Wildman–Crippen LogP) is 4.58. The first-order valence-electron chi connectivity index (χ1n) is 12.0. The third kappa shape index (κ3) is 4.13. The van der Waals surface area contributed by atoms with Crippen LogP contribution in [0.2, 0.25) is 0 Å². The van der Waals surface area contributed by atoms with Crippen molar-refractivity contribution in [1.29, 1.82) is 0 Å². The first-order chi connectivity index (χ1) is 16.7. The number of furan rings is 1. The zero-order valence-corrected chi connectivity index (χ0v) is 20.1. The van der Waals surface area contributed by atoms with Crippen LogP contribution in [0.15, 0.2) is 57.3 Å². The molecule has 4 heterocycles. The molecule has 1 saturated heterocycles. The summed E-state index contributed by atoms with van der Waals surface area (Å²) in [5, 5.41) is 16.1. The van der Waals surface area contributed by atoms with E-state index < -0.39 is 0 Å². The Balaban J connectivity index is 1.22. The van der Waals surface area contributed by atoms with E-state index in [1.165, 1.54) is 30.2 Å². The number of carbonyl (C=O) groups is 1. The van der Waals surface area contributed by atoms with Crippen LogP contribution in [-0.2, 0) is 4.79 Å². The number of carbonyl (C=O) groups excluding carboxylic acids is 1. The summed E-state index contributed by atoms with van der Waals surface area (Å²) in [7, 11) is 0. The molecule has 1 amide bonds. The van der Waals surface area contributed by atoms with E-state index in [9.17, 15) is 4.79 Å². The van der Waals surface area contributed by atoms with Crippen LogP contribution in [0.25, 0.3) is 0 Å². The number of amides is 1. The fraction of sp³-hybridized carbons (Fsp3) is 0.440. The van der Waals surface area contributed by atoms with Crippen LogP contribution in [0.3, 0.4) is 0 Å². The number of rotatable bonds is 7. The van der Waals surface area contributed by atoms with E-state index in [1.807, 2.05) is 12.1 Å². The Morgan fingerprint density at radius 3 is 2.62 bits per heavy atom. The van der Waals surface area contributed by atoms with Crippen LogP contribution in [0.4, 0.5) is 5.95 Å². The summed E-state index contributed by atoms with van der Waals surface area (Å²) >= 11 is 1.46. The molecule has 0 radical (unpaired) electrons. The molecule has 9 heteroatoms. The average molecular weight is 477 g/mol. The minimum atomic E-state index is -0.235. The standard InChI is InChI=1S/C25H28N6O2S/c1-17-6-8-18(9-7-17)20-15-21(22-5-4-14-33-22)31(28-20)23(32)16-34-25-27-26-24(29-12-2-3-13-29)30(25)19-10-11-19/h4-9,14,19,21H,2-3,10-13,15-16H2,1H3. The summed E-state index contributed by atoms with van der Waals surface area (Å²) < 4.78 is 7.93. The maximum absolute atomic E-state index is 13.4. The second-order valence-electron chi connectivity index (χ2n) is 9.25. The maximum atomic E-state index is 13.4. The van der Waals surface area contributed by atoms with Gasteiger partial charge in [0.2, 0.25) is 5.95 Å². The minimum Gasteiger partial charge on any atom is -0.467 e. The average Bonchev–Trinajstić information content (AvgIpc) is 3.35. The summed E-state index contributed by atoms with van der Waals surface area (Å²) in [5.74, 6) is 1.92. The van der Waals surface area contributed by atoms with Crippen molar-refractivity contribution in [2.24, 2.45) is 5.10 Å². The molecule has 3 aliphatic rings. The minimum absolute atomic E-state index is 0.0541. The van der Waals surface area contributed by atoms with Gasteiger partial charge in [0.25, 0.3) is 5.91 Å². The summed E-state index contributed by atoms with van der Waals surface area (Å²) in [6.45, 7) is 4.13. The van der Waals surface area contributed by atoms with Gasteiger partial charge in [-0.1, -0.05) is 41.6 Å². The highest BCUT2D eigenvalue weighted by atomic mass is 32.2. The van der Waals surface area contributed by atoms with Crippen LogP contribution in [0.5, 0.6) is 0 Å². The third-order valence-electron chi connectivity index (χ3n) is 6.69. The maximum Gasteiger partial charge on any atom is 0.253 e. The van der Waals surface area contributed by atoms with Gasteiger partial charge in [0.15, 0.2) is 5.16 Å². The topological polar surface area (TPSA) is 79.8 Å². The van der Waals surface area contributed by atoms with Crippen molar-refractivity contribution in [1.82, 2.24) is 19.8 Å². The largest absolute Gasteiger partial charge is 0.467 e. The number of hydrogen-bond donors (Lipinski definition) is 0. The van der Waals surface area contributed by atoms with E-state index in [4.69, 9.17) is 9.52 Å². The molecule has 0 spiro atoms.